The van der Waals surface area contributed by atoms with Gasteiger partial charge in [0.05, 0.1) is 0 Å². The number of rotatable bonds is 6. The number of nitrogens with one attached hydrogen (secondary N) is 2. The van der Waals surface area contributed by atoms with Crippen LogP contribution in [0.15, 0.2) is 12.4 Å². The third-order valence-electron chi connectivity index (χ3n) is 1.65. The highest BCUT2D eigenvalue weighted by molar-refractivity contribution is 7.98. The number of nitrogens with zero attached hydrogens (tertiary/aromatic N) is 2. The molecule has 14 heavy (non-hydrogen) atoms. The van der Waals surface area contributed by atoms with E-state index >= 15 is 0 Å². The van der Waals surface area contributed by atoms with E-state index < -0.39 is 0 Å². The Morgan fingerprint density at radius 2 is 2.21 bits per heavy atom. The first-order valence-corrected chi connectivity index (χ1v) is 5.77. The number of nitrogen functional groups attached to an aromatic ring is 1. The van der Waals surface area contributed by atoms with Gasteiger partial charge in [-0.1, -0.05) is 0 Å². The number of thioether (sulfide) groups is 1. The molecule has 1 aromatic heterocycles. The lowest BCUT2D eigenvalue weighted by atomic mass is 10.4. The lowest BCUT2D eigenvalue weighted by molar-refractivity contribution is 0.976. The van der Waals surface area contributed by atoms with Crippen molar-refractivity contribution in [3.8, 4) is 0 Å². The zero-order valence-corrected chi connectivity index (χ0v) is 8.97. The molecule has 1 heterocycles. The minimum Gasteiger partial charge on any atom is -0.370 e. The number of nitrogens with two attached hydrogens (primary N) is 1. The zero-order chi connectivity index (χ0) is 10.2. The molecule has 0 unspecified atom stereocenters. The Balaban J connectivity index is 2.34. The monoisotopic (exact) mass is 213 g/mol. The van der Waals surface area contributed by atoms with Crippen LogP contribution in [0.1, 0.15) is 6.42 Å². The summed E-state index contributed by atoms with van der Waals surface area (Å²) in [5.41, 5.74) is 2.47. The lowest BCUT2D eigenvalue weighted by Gasteiger charge is -2.05. The summed E-state index contributed by atoms with van der Waals surface area (Å²) >= 11 is 1.84. The normalized spacial score (nSPS) is 9.86. The van der Waals surface area contributed by atoms with E-state index in [0.29, 0.717) is 5.82 Å². The molecular weight excluding hydrogens is 198 g/mol. The largest absolute Gasteiger partial charge is 0.370 e. The first-order valence-electron chi connectivity index (χ1n) is 4.38. The summed E-state index contributed by atoms with van der Waals surface area (Å²) < 4.78 is 0. The van der Waals surface area contributed by atoms with E-state index in [2.05, 4.69) is 27.0 Å². The second-order valence-corrected chi connectivity index (χ2v) is 3.69. The summed E-state index contributed by atoms with van der Waals surface area (Å²) in [5.74, 6) is 7.79. The van der Waals surface area contributed by atoms with Crippen molar-refractivity contribution in [3.63, 3.8) is 0 Å². The minimum atomic E-state index is 0.618. The van der Waals surface area contributed by atoms with E-state index in [0.717, 1.165) is 24.5 Å². The van der Waals surface area contributed by atoms with Crippen LogP contribution in [0.3, 0.4) is 0 Å². The summed E-state index contributed by atoms with van der Waals surface area (Å²) in [6.07, 6.45) is 4.70. The molecule has 78 valence electrons. The van der Waals surface area contributed by atoms with Crippen LogP contribution in [0, 0.1) is 0 Å². The Hall–Kier alpha value is -1.01. The van der Waals surface area contributed by atoms with Crippen molar-refractivity contribution in [1.29, 1.82) is 0 Å². The highest BCUT2D eigenvalue weighted by atomic mass is 32.2. The molecule has 0 spiro atoms. The molecule has 6 heteroatoms. The van der Waals surface area contributed by atoms with Gasteiger partial charge in [-0.3, -0.25) is 0 Å². The number of hydrogen-bond donors (Lipinski definition) is 3. The van der Waals surface area contributed by atoms with E-state index in [9.17, 15) is 0 Å². The van der Waals surface area contributed by atoms with E-state index in [4.69, 9.17) is 5.84 Å². The molecular formula is C8H15N5S. The number of hydrogen-bond acceptors (Lipinski definition) is 6. The van der Waals surface area contributed by atoms with Crippen molar-refractivity contribution in [2.45, 2.75) is 6.42 Å². The second kappa shape index (κ2) is 6.44. The standard InChI is InChI=1S/C8H15N5S/c1-14-4-2-3-10-7-5-8(13-9)12-6-11-7/h5-6H,2-4,9H2,1H3,(H2,10,11,12,13). The fourth-order valence-electron chi connectivity index (χ4n) is 0.966. The maximum absolute atomic E-state index is 5.22. The van der Waals surface area contributed by atoms with Gasteiger partial charge in [0, 0.05) is 12.6 Å². The average molecular weight is 213 g/mol. The molecule has 0 saturated carbocycles. The molecule has 5 nitrogen and oxygen atoms in total. The van der Waals surface area contributed by atoms with E-state index in [-0.39, 0.29) is 0 Å². The van der Waals surface area contributed by atoms with Gasteiger partial charge in [0.15, 0.2) is 0 Å². The predicted octanol–water partition coefficient (Wildman–Crippen LogP) is 0.927. The first kappa shape index (κ1) is 11.1. The zero-order valence-electron chi connectivity index (χ0n) is 8.16. The molecule has 0 amide bonds. The average Bonchev–Trinajstić information content (AvgIpc) is 2.25. The van der Waals surface area contributed by atoms with Crippen molar-refractivity contribution in [1.82, 2.24) is 9.97 Å². The molecule has 0 bridgehead atoms. The SMILES string of the molecule is CSCCCNc1cc(NN)ncn1. The molecule has 4 N–H and O–H groups in total. The van der Waals surface area contributed by atoms with Gasteiger partial charge >= 0.3 is 0 Å². The van der Waals surface area contributed by atoms with Crippen molar-refractivity contribution in [2.24, 2.45) is 5.84 Å². The van der Waals surface area contributed by atoms with Gasteiger partial charge in [-0.25, -0.2) is 15.8 Å². The lowest BCUT2D eigenvalue weighted by Crippen LogP contribution is -2.10. The van der Waals surface area contributed by atoms with E-state index in [1.54, 1.807) is 6.07 Å². The quantitative estimate of drug-likeness (QED) is 0.371. The van der Waals surface area contributed by atoms with Crippen molar-refractivity contribution >= 4 is 23.4 Å². The molecule has 0 radical (unpaired) electrons. The van der Waals surface area contributed by atoms with Crippen molar-refractivity contribution in [3.05, 3.63) is 12.4 Å². The summed E-state index contributed by atoms with van der Waals surface area (Å²) in [6, 6.07) is 1.78. The maximum Gasteiger partial charge on any atom is 0.145 e. The topological polar surface area (TPSA) is 75.9 Å². The minimum absolute atomic E-state index is 0.618. The van der Waals surface area contributed by atoms with E-state index in [1.807, 2.05) is 11.8 Å². The Bertz CT molecular complexity index is 268. The van der Waals surface area contributed by atoms with Crippen LogP contribution in [0.5, 0.6) is 0 Å². The van der Waals surface area contributed by atoms with Gasteiger partial charge < -0.3 is 10.7 Å². The second-order valence-electron chi connectivity index (χ2n) is 2.71. The molecule has 1 rings (SSSR count). The van der Waals surface area contributed by atoms with Gasteiger partial charge in [0.2, 0.25) is 0 Å². The fraction of sp³-hybridized carbons (Fsp3) is 0.500. The van der Waals surface area contributed by atoms with Gasteiger partial charge in [0.1, 0.15) is 18.0 Å². The maximum atomic E-state index is 5.22. The summed E-state index contributed by atoms with van der Waals surface area (Å²) in [6.45, 7) is 0.919. The number of hydrazine groups is 1. The van der Waals surface area contributed by atoms with Crippen LogP contribution in [-0.2, 0) is 0 Å². The summed E-state index contributed by atoms with van der Waals surface area (Å²) in [5, 5.41) is 3.19. The third-order valence-corrected chi connectivity index (χ3v) is 2.34. The highest BCUT2D eigenvalue weighted by Gasteiger charge is 1.95. The van der Waals surface area contributed by atoms with Crippen LogP contribution in [0.4, 0.5) is 11.6 Å². The van der Waals surface area contributed by atoms with Gasteiger partial charge in [-0.05, 0) is 18.4 Å². The van der Waals surface area contributed by atoms with Crippen molar-refractivity contribution < 1.29 is 0 Å². The number of aromatic nitrogens is 2. The van der Waals surface area contributed by atoms with Crippen molar-refractivity contribution in [2.75, 3.05) is 29.3 Å². The molecule has 0 aromatic carbocycles. The molecule has 0 atom stereocenters. The Labute approximate surface area is 87.9 Å². The number of anilines is 2. The van der Waals surface area contributed by atoms with Crippen LogP contribution < -0.4 is 16.6 Å². The Morgan fingerprint density at radius 1 is 1.43 bits per heavy atom. The van der Waals surface area contributed by atoms with Crippen LogP contribution in [0.2, 0.25) is 0 Å². The summed E-state index contributed by atoms with van der Waals surface area (Å²) in [7, 11) is 0. The molecule has 0 aliphatic heterocycles. The van der Waals surface area contributed by atoms with Gasteiger partial charge in [-0.15, -0.1) is 0 Å². The fourth-order valence-corrected chi connectivity index (χ4v) is 1.40. The molecule has 0 fully saturated rings. The Kier molecular flexibility index (Phi) is 5.09. The van der Waals surface area contributed by atoms with Gasteiger partial charge in [0.25, 0.3) is 0 Å². The molecule has 0 saturated heterocycles. The Morgan fingerprint density at radius 3 is 2.93 bits per heavy atom. The smallest absolute Gasteiger partial charge is 0.145 e. The van der Waals surface area contributed by atoms with Crippen LogP contribution >= 0.6 is 11.8 Å². The molecule has 1 aromatic rings. The van der Waals surface area contributed by atoms with Gasteiger partial charge in [-0.2, -0.15) is 11.8 Å². The summed E-state index contributed by atoms with van der Waals surface area (Å²) in [4.78, 5) is 7.97. The van der Waals surface area contributed by atoms with E-state index in [1.165, 1.54) is 6.33 Å². The molecule has 0 aliphatic rings. The molecule has 0 aliphatic carbocycles. The first-order chi connectivity index (χ1) is 6.86. The predicted molar refractivity (Wildman–Crippen MR) is 61.3 cm³/mol. The van der Waals surface area contributed by atoms with Crippen LogP contribution in [-0.4, -0.2) is 28.5 Å². The highest BCUT2D eigenvalue weighted by Crippen LogP contribution is 2.07. The van der Waals surface area contributed by atoms with Crippen LogP contribution in [0.25, 0.3) is 0 Å². The third kappa shape index (κ3) is 3.80.